The third-order valence-corrected chi connectivity index (χ3v) is 3.38. The fourth-order valence-electron chi connectivity index (χ4n) is 2.35. The fraction of sp³-hybridized carbons (Fsp3) is 0.118. The molecule has 0 saturated carbocycles. The number of benzene rings is 2. The van der Waals surface area contributed by atoms with Gasteiger partial charge in [-0.1, -0.05) is 42.5 Å². The Morgan fingerprint density at radius 3 is 2.50 bits per heavy atom. The summed E-state index contributed by atoms with van der Waals surface area (Å²) in [6.45, 7) is 3.65. The van der Waals surface area contributed by atoms with Gasteiger partial charge in [-0.2, -0.15) is 10.2 Å². The van der Waals surface area contributed by atoms with Crippen LogP contribution in [0.25, 0.3) is 10.8 Å². The first-order valence-electron chi connectivity index (χ1n) is 6.50. The molecule has 0 atom stereocenters. The molecule has 98 valence electrons. The molecule has 0 fully saturated rings. The molecule has 0 spiro atoms. The summed E-state index contributed by atoms with van der Waals surface area (Å²) in [5, 5.41) is 10.0. The summed E-state index contributed by atoms with van der Waals surface area (Å²) >= 11 is 0. The molecule has 1 aromatic heterocycles. The predicted molar refractivity (Wildman–Crippen MR) is 78.9 cm³/mol. The molecular formula is C17H14N2O. The number of fused-ring (bicyclic) bond motifs is 1. The molecule has 0 aliphatic carbocycles. The number of hydrogen-bond acceptors (Lipinski definition) is 3. The van der Waals surface area contributed by atoms with E-state index in [4.69, 9.17) is 0 Å². The first kappa shape index (κ1) is 12.5. The SMILES string of the molecule is Cc1cc(C(=O)c2cccc3ccccc23)c(C)nn1. The van der Waals surface area contributed by atoms with Gasteiger partial charge in [-0.05, 0) is 30.7 Å². The van der Waals surface area contributed by atoms with E-state index >= 15 is 0 Å². The maximum Gasteiger partial charge on any atom is 0.195 e. The highest BCUT2D eigenvalue weighted by atomic mass is 16.1. The van der Waals surface area contributed by atoms with Crippen LogP contribution < -0.4 is 0 Å². The number of ketones is 1. The zero-order chi connectivity index (χ0) is 14.1. The molecule has 0 radical (unpaired) electrons. The van der Waals surface area contributed by atoms with E-state index in [9.17, 15) is 4.79 Å². The molecule has 3 heteroatoms. The molecule has 3 aromatic rings. The van der Waals surface area contributed by atoms with Gasteiger partial charge in [0.1, 0.15) is 0 Å². The first-order chi connectivity index (χ1) is 9.66. The number of nitrogens with zero attached hydrogens (tertiary/aromatic N) is 2. The lowest BCUT2D eigenvalue weighted by Crippen LogP contribution is -2.07. The van der Waals surface area contributed by atoms with Gasteiger partial charge in [0, 0.05) is 11.1 Å². The van der Waals surface area contributed by atoms with Crippen LogP contribution in [0.15, 0.2) is 48.5 Å². The van der Waals surface area contributed by atoms with E-state index in [1.165, 1.54) is 0 Å². The van der Waals surface area contributed by atoms with Gasteiger partial charge in [0.25, 0.3) is 0 Å². The number of carbonyl (C=O) groups is 1. The Balaban J connectivity index is 2.20. The monoisotopic (exact) mass is 262 g/mol. The van der Waals surface area contributed by atoms with Gasteiger partial charge in [-0.25, -0.2) is 0 Å². The zero-order valence-corrected chi connectivity index (χ0v) is 11.4. The second-order valence-corrected chi connectivity index (χ2v) is 4.84. The van der Waals surface area contributed by atoms with Crippen molar-refractivity contribution in [1.82, 2.24) is 10.2 Å². The molecule has 0 amide bonds. The van der Waals surface area contributed by atoms with Crippen molar-refractivity contribution in [3.8, 4) is 0 Å². The van der Waals surface area contributed by atoms with Crippen molar-refractivity contribution in [1.29, 1.82) is 0 Å². The van der Waals surface area contributed by atoms with Crippen molar-refractivity contribution in [2.45, 2.75) is 13.8 Å². The van der Waals surface area contributed by atoms with Crippen LogP contribution in [0.2, 0.25) is 0 Å². The van der Waals surface area contributed by atoms with Crippen molar-refractivity contribution < 1.29 is 4.79 Å². The van der Waals surface area contributed by atoms with Gasteiger partial charge in [-0.3, -0.25) is 4.79 Å². The quantitative estimate of drug-likeness (QED) is 0.664. The van der Waals surface area contributed by atoms with E-state index in [1.54, 1.807) is 6.07 Å². The summed E-state index contributed by atoms with van der Waals surface area (Å²) in [7, 11) is 0. The van der Waals surface area contributed by atoms with Gasteiger partial charge in [0.15, 0.2) is 5.78 Å². The summed E-state index contributed by atoms with van der Waals surface area (Å²) in [4.78, 5) is 12.8. The van der Waals surface area contributed by atoms with Crippen molar-refractivity contribution in [2.24, 2.45) is 0 Å². The molecular weight excluding hydrogens is 248 g/mol. The Kier molecular flexibility index (Phi) is 3.03. The second-order valence-electron chi connectivity index (χ2n) is 4.84. The molecule has 0 unspecified atom stereocenters. The maximum absolute atomic E-state index is 12.8. The molecule has 3 rings (SSSR count). The first-order valence-corrected chi connectivity index (χ1v) is 6.50. The molecule has 0 saturated heterocycles. The van der Waals surface area contributed by atoms with E-state index in [0.717, 1.165) is 16.5 Å². The predicted octanol–water partition coefficient (Wildman–Crippen LogP) is 3.48. The van der Waals surface area contributed by atoms with Crippen molar-refractivity contribution in [2.75, 3.05) is 0 Å². The number of rotatable bonds is 2. The summed E-state index contributed by atoms with van der Waals surface area (Å²) < 4.78 is 0. The summed E-state index contributed by atoms with van der Waals surface area (Å²) in [6, 6.07) is 15.5. The van der Waals surface area contributed by atoms with E-state index in [-0.39, 0.29) is 5.78 Å². The second kappa shape index (κ2) is 4.85. The lowest BCUT2D eigenvalue weighted by Gasteiger charge is -2.07. The summed E-state index contributed by atoms with van der Waals surface area (Å²) in [5.74, 6) is -0.00250. The van der Waals surface area contributed by atoms with Crippen LogP contribution in [0, 0.1) is 13.8 Å². The van der Waals surface area contributed by atoms with E-state index in [2.05, 4.69) is 10.2 Å². The van der Waals surface area contributed by atoms with E-state index < -0.39 is 0 Å². The van der Waals surface area contributed by atoms with Gasteiger partial charge in [0.05, 0.1) is 11.4 Å². The third kappa shape index (κ3) is 2.07. The lowest BCUT2D eigenvalue weighted by atomic mass is 9.96. The van der Waals surface area contributed by atoms with Gasteiger partial charge < -0.3 is 0 Å². The maximum atomic E-state index is 12.8. The average Bonchev–Trinajstić information content (AvgIpc) is 2.48. The summed E-state index contributed by atoms with van der Waals surface area (Å²) in [5.41, 5.74) is 2.74. The highest BCUT2D eigenvalue weighted by Crippen LogP contribution is 2.22. The Hall–Kier alpha value is -2.55. The molecule has 0 N–H and O–H groups in total. The van der Waals surface area contributed by atoms with Gasteiger partial charge >= 0.3 is 0 Å². The standard InChI is InChI=1S/C17H14N2O/c1-11-10-16(12(2)19-18-11)17(20)15-9-5-7-13-6-3-4-8-14(13)15/h3-10H,1-2H3. The average molecular weight is 262 g/mol. The largest absolute Gasteiger partial charge is 0.289 e. The van der Waals surface area contributed by atoms with Crippen LogP contribution in [0.4, 0.5) is 0 Å². The van der Waals surface area contributed by atoms with E-state index in [0.29, 0.717) is 16.8 Å². The molecule has 3 nitrogen and oxygen atoms in total. The normalized spacial score (nSPS) is 10.7. The van der Waals surface area contributed by atoms with Crippen LogP contribution in [0.5, 0.6) is 0 Å². The lowest BCUT2D eigenvalue weighted by molar-refractivity contribution is 0.103. The Morgan fingerprint density at radius 2 is 1.65 bits per heavy atom. The minimum absolute atomic E-state index is 0.00250. The minimum Gasteiger partial charge on any atom is -0.289 e. The van der Waals surface area contributed by atoms with Gasteiger partial charge in [0.2, 0.25) is 0 Å². The molecule has 2 aromatic carbocycles. The van der Waals surface area contributed by atoms with Crippen LogP contribution in [0.3, 0.4) is 0 Å². The smallest absolute Gasteiger partial charge is 0.195 e. The number of hydrogen-bond donors (Lipinski definition) is 0. The zero-order valence-electron chi connectivity index (χ0n) is 11.4. The molecule has 0 aliphatic rings. The number of aromatic nitrogens is 2. The molecule has 20 heavy (non-hydrogen) atoms. The Bertz CT molecular complexity index is 804. The summed E-state index contributed by atoms with van der Waals surface area (Å²) in [6.07, 6.45) is 0. The minimum atomic E-state index is -0.00250. The van der Waals surface area contributed by atoms with Crippen LogP contribution in [-0.2, 0) is 0 Å². The molecule has 0 bridgehead atoms. The Morgan fingerprint density at radius 1 is 0.900 bits per heavy atom. The highest BCUT2D eigenvalue weighted by Gasteiger charge is 2.15. The van der Waals surface area contributed by atoms with E-state index in [1.807, 2.05) is 56.3 Å². The van der Waals surface area contributed by atoms with Crippen molar-refractivity contribution >= 4 is 16.6 Å². The Labute approximate surface area is 117 Å². The van der Waals surface area contributed by atoms with Crippen molar-refractivity contribution in [3.63, 3.8) is 0 Å². The molecule has 1 heterocycles. The highest BCUT2D eigenvalue weighted by molar-refractivity contribution is 6.16. The van der Waals surface area contributed by atoms with Crippen molar-refractivity contribution in [3.05, 3.63) is 71.0 Å². The van der Waals surface area contributed by atoms with Crippen LogP contribution in [-0.4, -0.2) is 16.0 Å². The van der Waals surface area contributed by atoms with Crippen LogP contribution >= 0.6 is 0 Å². The van der Waals surface area contributed by atoms with Crippen LogP contribution in [0.1, 0.15) is 27.3 Å². The fourth-order valence-corrected chi connectivity index (χ4v) is 2.35. The van der Waals surface area contributed by atoms with Gasteiger partial charge in [-0.15, -0.1) is 0 Å². The third-order valence-electron chi connectivity index (χ3n) is 3.38. The number of carbonyl (C=O) groups excluding carboxylic acids is 1. The topological polar surface area (TPSA) is 42.9 Å². The molecule has 0 aliphatic heterocycles. The number of aryl methyl sites for hydroxylation is 2.